The Kier molecular flexibility index (Phi) is 7.01. The first-order valence-electron chi connectivity index (χ1n) is 10.2. The summed E-state index contributed by atoms with van der Waals surface area (Å²) in [7, 11) is 0. The standard InChI is InChI=1S/C24H21N5O3S/c1-16-5-2-9-20(11-16)32-15-21-28-29-24(33-21)23(31)27-19-8-3-7-18(12-19)22(30)26-14-17-6-4-10-25-13-17/h2-13H,14-15H2,1H3,(H,26,30)(H,27,31). The van der Waals surface area contributed by atoms with Crippen LogP contribution in [0.3, 0.4) is 0 Å². The number of pyridine rings is 1. The van der Waals surface area contributed by atoms with Crippen LogP contribution < -0.4 is 15.4 Å². The van der Waals surface area contributed by atoms with Crippen LogP contribution in [0.5, 0.6) is 5.75 Å². The Morgan fingerprint density at radius 3 is 2.70 bits per heavy atom. The van der Waals surface area contributed by atoms with Gasteiger partial charge in [0, 0.05) is 30.2 Å². The van der Waals surface area contributed by atoms with E-state index in [1.54, 1.807) is 36.7 Å². The maximum Gasteiger partial charge on any atom is 0.286 e. The number of rotatable bonds is 8. The molecular weight excluding hydrogens is 438 g/mol. The van der Waals surface area contributed by atoms with Crippen molar-refractivity contribution in [2.45, 2.75) is 20.1 Å². The normalized spacial score (nSPS) is 10.5. The second-order valence-electron chi connectivity index (χ2n) is 7.19. The van der Waals surface area contributed by atoms with Crippen molar-refractivity contribution in [3.63, 3.8) is 0 Å². The van der Waals surface area contributed by atoms with Gasteiger partial charge in [-0.15, -0.1) is 10.2 Å². The molecule has 8 nitrogen and oxygen atoms in total. The fourth-order valence-corrected chi connectivity index (χ4v) is 3.61. The zero-order valence-corrected chi connectivity index (χ0v) is 18.6. The van der Waals surface area contributed by atoms with Gasteiger partial charge in [0.1, 0.15) is 12.4 Å². The van der Waals surface area contributed by atoms with Gasteiger partial charge in [-0.2, -0.15) is 0 Å². The van der Waals surface area contributed by atoms with E-state index in [1.165, 1.54) is 0 Å². The zero-order valence-electron chi connectivity index (χ0n) is 17.8. The minimum absolute atomic E-state index is 0.212. The van der Waals surface area contributed by atoms with E-state index in [1.807, 2.05) is 43.3 Å². The van der Waals surface area contributed by atoms with Crippen molar-refractivity contribution in [2.24, 2.45) is 0 Å². The van der Waals surface area contributed by atoms with Crippen molar-refractivity contribution >= 4 is 28.8 Å². The molecule has 0 spiro atoms. The number of aryl methyl sites for hydroxylation is 1. The third kappa shape index (κ3) is 6.20. The van der Waals surface area contributed by atoms with Gasteiger partial charge in [0.25, 0.3) is 11.8 Å². The van der Waals surface area contributed by atoms with Crippen LogP contribution in [0.25, 0.3) is 0 Å². The molecule has 0 unspecified atom stereocenters. The Morgan fingerprint density at radius 2 is 1.88 bits per heavy atom. The summed E-state index contributed by atoms with van der Waals surface area (Å²) in [5.41, 5.74) is 2.91. The zero-order chi connectivity index (χ0) is 23.0. The molecule has 0 bridgehead atoms. The fourth-order valence-electron chi connectivity index (χ4n) is 2.96. The molecule has 4 aromatic rings. The lowest BCUT2D eigenvalue weighted by molar-refractivity contribution is 0.0949. The summed E-state index contributed by atoms with van der Waals surface area (Å²) in [4.78, 5) is 29.1. The van der Waals surface area contributed by atoms with Crippen molar-refractivity contribution in [3.05, 3.63) is 99.8 Å². The number of hydrogen-bond donors (Lipinski definition) is 2. The highest BCUT2D eigenvalue weighted by Crippen LogP contribution is 2.18. The van der Waals surface area contributed by atoms with Crippen molar-refractivity contribution in [3.8, 4) is 5.75 Å². The molecule has 2 heterocycles. The summed E-state index contributed by atoms with van der Waals surface area (Å²) < 4.78 is 5.71. The summed E-state index contributed by atoms with van der Waals surface area (Å²) in [6.45, 7) is 2.57. The minimum atomic E-state index is -0.401. The Balaban J connectivity index is 1.33. The Labute approximate surface area is 194 Å². The highest BCUT2D eigenvalue weighted by atomic mass is 32.1. The molecule has 0 atom stereocenters. The van der Waals surface area contributed by atoms with E-state index in [2.05, 4.69) is 25.8 Å². The molecule has 0 saturated heterocycles. The SMILES string of the molecule is Cc1cccc(OCc2nnc(C(=O)Nc3cccc(C(=O)NCc4cccnc4)c3)s2)c1. The lowest BCUT2D eigenvalue weighted by Crippen LogP contribution is -2.23. The molecule has 4 rings (SSSR count). The summed E-state index contributed by atoms with van der Waals surface area (Å²) >= 11 is 1.16. The highest BCUT2D eigenvalue weighted by Gasteiger charge is 2.15. The second-order valence-corrected chi connectivity index (χ2v) is 8.25. The second kappa shape index (κ2) is 10.5. The third-order valence-electron chi connectivity index (χ3n) is 4.57. The quantitative estimate of drug-likeness (QED) is 0.413. The molecule has 2 N–H and O–H groups in total. The first-order chi connectivity index (χ1) is 16.1. The van der Waals surface area contributed by atoms with Crippen LogP contribution in [0.2, 0.25) is 0 Å². The molecule has 0 aliphatic heterocycles. The number of carbonyl (C=O) groups excluding carboxylic acids is 2. The van der Waals surface area contributed by atoms with E-state index in [-0.39, 0.29) is 17.5 Å². The van der Waals surface area contributed by atoms with Gasteiger partial charge in [0.15, 0.2) is 5.01 Å². The van der Waals surface area contributed by atoms with Gasteiger partial charge in [-0.05, 0) is 54.4 Å². The number of hydrogen-bond acceptors (Lipinski definition) is 7. The monoisotopic (exact) mass is 459 g/mol. The van der Waals surface area contributed by atoms with E-state index in [0.717, 1.165) is 28.2 Å². The van der Waals surface area contributed by atoms with Gasteiger partial charge in [-0.1, -0.05) is 35.6 Å². The van der Waals surface area contributed by atoms with Crippen LogP contribution in [0.4, 0.5) is 5.69 Å². The predicted molar refractivity (Wildman–Crippen MR) is 125 cm³/mol. The first kappa shape index (κ1) is 22.1. The van der Waals surface area contributed by atoms with Crippen LogP contribution in [0.1, 0.15) is 36.3 Å². The number of aromatic nitrogens is 3. The molecule has 0 saturated carbocycles. The Morgan fingerprint density at radius 1 is 1.00 bits per heavy atom. The van der Waals surface area contributed by atoms with Crippen LogP contribution >= 0.6 is 11.3 Å². The molecule has 0 aliphatic rings. The van der Waals surface area contributed by atoms with Gasteiger partial charge < -0.3 is 15.4 Å². The van der Waals surface area contributed by atoms with Gasteiger partial charge >= 0.3 is 0 Å². The molecule has 9 heteroatoms. The molecule has 0 fully saturated rings. The molecule has 2 amide bonds. The average Bonchev–Trinajstić information content (AvgIpc) is 3.31. The molecule has 2 aromatic carbocycles. The number of amides is 2. The van der Waals surface area contributed by atoms with E-state index in [4.69, 9.17) is 4.74 Å². The van der Waals surface area contributed by atoms with Crippen LogP contribution in [-0.2, 0) is 13.2 Å². The summed E-state index contributed by atoms with van der Waals surface area (Å²) in [6.07, 6.45) is 3.37. The predicted octanol–water partition coefficient (Wildman–Crippen LogP) is 4.00. The molecule has 2 aromatic heterocycles. The maximum absolute atomic E-state index is 12.6. The molecule has 0 radical (unpaired) electrons. The topological polar surface area (TPSA) is 106 Å². The number of nitrogens with zero attached hydrogens (tertiary/aromatic N) is 3. The number of ether oxygens (including phenoxy) is 1. The van der Waals surface area contributed by atoms with Crippen molar-refractivity contribution in [2.75, 3.05) is 5.32 Å². The molecular formula is C24H21N5O3S. The van der Waals surface area contributed by atoms with Crippen molar-refractivity contribution < 1.29 is 14.3 Å². The highest BCUT2D eigenvalue weighted by molar-refractivity contribution is 7.13. The summed E-state index contributed by atoms with van der Waals surface area (Å²) in [5.74, 6) is 0.0819. The largest absolute Gasteiger partial charge is 0.486 e. The van der Waals surface area contributed by atoms with Gasteiger partial charge in [0.05, 0.1) is 0 Å². The van der Waals surface area contributed by atoms with Crippen LogP contribution in [0, 0.1) is 6.92 Å². The van der Waals surface area contributed by atoms with Crippen LogP contribution in [-0.4, -0.2) is 27.0 Å². The van der Waals surface area contributed by atoms with Crippen LogP contribution in [0.15, 0.2) is 73.1 Å². The smallest absolute Gasteiger partial charge is 0.286 e. The van der Waals surface area contributed by atoms with Crippen molar-refractivity contribution in [1.29, 1.82) is 0 Å². The number of benzene rings is 2. The van der Waals surface area contributed by atoms with E-state index in [0.29, 0.717) is 22.8 Å². The van der Waals surface area contributed by atoms with E-state index in [9.17, 15) is 9.59 Å². The van der Waals surface area contributed by atoms with E-state index < -0.39 is 5.91 Å². The van der Waals surface area contributed by atoms with Gasteiger partial charge in [-0.25, -0.2) is 0 Å². The average molecular weight is 460 g/mol. The maximum atomic E-state index is 12.6. The molecule has 166 valence electrons. The Hall–Kier alpha value is -4.11. The lowest BCUT2D eigenvalue weighted by Gasteiger charge is -2.07. The first-order valence-corrected chi connectivity index (χ1v) is 11.0. The number of carbonyl (C=O) groups is 2. The minimum Gasteiger partial charge on any atom is -0.486 e. The van der Waals surface area contributed by atoms with Gasteiger partial charge in [0.2, 0.25) is 5.01 Å². The number of anilines is 1. The van der Waals surface area contributed by atoms with E-state index >= 15 is 0 Å². The molecule has 0 aliphatic carbocycles. The van der Waals surface area contributed by atoms with Crippen molar-refractivity contribution in [1.82, 2.24) is 20.5 Å². The fraction of sp³-hybridized carbons (Fsp3) is 0.125. The summed E-state index contributed by atoms with van der Waals surface area (Å²) in [6, 6.07) is 18.1. The third-order valence-corrected chi connectivity index (χ3v) is 5.47. The molecule has 33 heavy (non-hydrogen) atoms. The lowest BCUT2D eigenvalue weighted by atomic mass is 10.2. The Bertz CT molecular complexity index is 1260. The summed E-state index contributed by atoms with van der Waals surface area (Å²) in [5, 5.41) is 14.4. The van der Waals surface area contributed by atoms with Gasteiger partial charge in [-0.3, -0.25) is 14.6 Å². The number of nitrogens with one attached hydrogen (secondary N) is 2.